The Morgan fingerprint density at radius 2 is 1.56 bits per heavy atom. The van der Waals surface area contributed by atoms with Crippen molar-refractivity contribution in [1.29, 1.82) is 0 Å². The number of carbonyl (C=O) groups is 4. The number of nitrogens with zero attached hydrogens (tertiary/aromatic N) is 3. The first-order chi connectivity index (χ1) is 23.1. The predicted octanol–water partition coefficient (Wildman–Crippen LogP) is 0.627. The van der Waals surface area contributed by atoms with E-state index in [2.05, 4.69) is 31.6 Å². The molecule has 1 aliphatic heterocycles. The van der Waals surface area contributed by atoms with Crippen LogP contribution in [0, 0.1) is 0 Å². The van der Waals surface area contributed by atoms with Crippen molar-refractivity contribution < 1.29 is 34.1 Å². The normalized spacial score (nSPS) is 20.2. The molecule has 2 heterocycles. The van der Waals surface area contributed by atoms with E-state index in [1.807, 2.05) is 30.3 Å². The number of aromatic hydroxyl groups is 1. The third kappa shape index (κ3) is 9.16. The number of rotatable bonds is 5. The lowest BCUT2D eigenvalue weighted by molar-refractivity contribution is -0.134. The standard InChI is InChI=1S/C34H37N7O7/c1-21(42)30-34(47)37-28(16-22-6-3-2-4-7-22)32(45)35-19-25-20-41(40-39-25)14-15-48-27-9-5-8-24(18-27)31(44)36-29(33(46)38-30)17-23-10-12-26(43)13-11-23/h2-13,18,20-21,28-30,42-43H,14-17,19H2,1H3,(H,35,45)(H,36,44)(H,37,47)(H,38,46)/t21-,28-,29-,30+/m1/s1. The molecule has 3 aromatic carbocycles. The average Bonchev–Trinajstić information content (AvgIpc) is 3.54. The number of aromatic nitrogens is 3. The van der Waals surface area contributed by atoms with Gasteiger partial charge in [-0.15, -0.1) is 5.10 Å². The summed E-state index contributed by atoms with van der Waals surface area (Å²) in [6.07, 6.45) is 0.417. The fraction of sp³-hybridized carbons (Fsp3) is 0.294. The lowest BCUT2D eigenvalue weighted by atomic mass is 10.0. The van der Waals surface area contributed by atoms with Gasteiger partial charge in [-0.1, -0.05) is 53.7 Å². The highest BCUT2D eigenvalue weighted by Crippen LogP contribution is 2.16. The number of hydrogen-bond donors (Lipinski definition) is 6. The quantitative estimate of drug-likeness (QED) is 0.179. The van der Waals surface area contributed by atoms with E-state index in [1.165, 1.54) is 25.1 Å². The smallest absolute Gasteiger partial charge is 0.252 e. The molecule has 1 aromatic heterocycles. The maximum atomic E-state index is 13.7. The van der Waals surface area contributed by atoms with Gasteiger partial charge in [0.15, 0.2) is 0 Å². The van der Waals surface area contributed by atoms with E-state index in [1.54, 1.807) is 41.2 Å². The van der Waals surface area contributed by atoms with E-state index in [4.69, 9.17) is 4.74 Å². The molecule has 14 heteroatoms. The highest BCUT2D eigenvalue weighted by molar-refractivity contribution is 5.99. The molecule has 14 nitrogen and oxygen atoms in total. The fourth-order valence-corrected chi connectivity index (χ4v) is 5.11. The Morgan fingerprint density at radius 1 is 0.854 bits per heavy atom. The van der Waals surface area contributed by atoms with Crippen molar-refractivity contribution in [3.8, 4) is 11.5 Å². The lowest BCUT2D eigenvalue weighted by Gasteiger charge is -2.27. The number of nitrogens with one attached hydrogen (secondary N) is 4. The van der Waals surface area contributed by atoms with Crippen molar-refractivity contribution in [3.63, 3.8) is 0 Å². The van der Waals surface area contributed by atoms with Gasteiger partial charge in [0.2, 0.25) is 17.7 Å². The monoisotopic (exact) mass is 655 g/mol. The molecule has 0 aliphatic carbocycles. The van der Waals surface area contributed by atoms with Crippen LogP contribution in [-0.2, 0) is 40.3 Å². The number of amides is 4. The summed E-state index contributed by atoms with van der Waals surface area (Å²) in [5.74, 6) is -2.20. The maximum absolute atomic E-state index is 13.7. The zero-order valence-electron chi connectivity index (χ0n) is 26.2. The molecule has 4 bridgehead atoms. The molecular formula is C34H37N7O7. The lowest BCUT2D eigenvalue weighted by Crippen LogP contribution is -2.60. The Hall–Kier alpha value is -5.76. The molecule has 0 unspecified atom stereocenters. The summed E-state index contributed by atoms with van der Waals surface area (Å²) in [5.41, 5.74) is 2.09. The molecule has 4 atom stereocenters. The van der Waals surface area contributed by atoms with Crippen LogP contribution in [0.3, 0.4) is 0 Å². The van der Waals surface area contributed by atoms with Crippen molar-refractivity contribution in [1.82, 2.24) is 36.3 Å². The highest BCUT2D eigenvalue weighted by Gasteiger charge is 2.33. The topological polar surface area (TPSA) is 197 Å². The van der Waals surface area contributed by atoms with Crippen LogP contribution in [0.1, 0.15) is 34.1 Å². The third-order valence-electron chi connectivity index (χ3n) is 7.69. The molecule has 6 N–H and O–H groups in total. The second-order valence-corrected chi connectivity index (χ2v) is 11.4. The van der Waals surface area contributed by atoms with Crippen molar-refractivity contribution >= 4 is 23.6 Å². The second-order valence-electron chi connectivity index (χ2n) is 11.4. The molecular weight excluding hydrogens is 618 g/mol. The van der Waals surface area contributed by atoms with Crippen LogP contribution in [0.4, 0.5) is 0 Å². The number of aliphatic hydroxyl groups excluding tert-OH is 1. The zero-order valence-corrected chi connectivity index (χ0v) is 26.2. The van der Waals surface area contributed by atoms with Gasteiger partial charge in [0, 0.05) is 18.4 Å². The molecule has 250 valence electrons. The number of benzene rings is 3. The van der Waals surface area contributed by atoms with Crippen molar-refractivity contribution in [2.24, 2.45) is 0 Å². The van der Waals surface area contributed by atoms with E-state index in [9.17, 15) is 29.4 Å². The Bertz CT molecular complexity index is 1730. The summed E-state index contributed by atoms with van der Waals surface area (Å²) >= 11 is 0. The van der Waals surface area contributed by atoms with Gasteiger partial charge in [-0.3, -0.25) is 19.2 Å². The van der Waals surface area contributed by atoms with Crippen LogP contribution in [0.2, 0.25) is 0 Å². The third-order valence-corrected chi connectivity index (χ3v) is 7.69. The molecule has 0 fully saturated rings. The SMILES string of the molecule is C[C@@H](O)[C@@H]1NC(=O)[C@@H](Cc2ccc(O)cc2)NC(=O)c2cccc(c2)OCCn2cc(nn2)CNC(=O)[C@@H](Cc2ccccc2)NC1=O. The van der Waals surface area contributed by atoms with Gasteiger partial charge in [0.05, 0.1) is 25.4 Å². The number of carbonyl (C=O) groups excluding carboxylic acids is 4. The van der Waals surface area contributed by atoms with Gasteiger partial charge >= 0.3 is 0 Å². The summed E-state index contributed by atoms with van der Waals surface area (Å²) in [5, 5.41) is 39.3. The molecule has 5 rings (SSSR count). The van der Waals surface area contributed by atoms with Gasteiger partial charge in [0.25, 0.3) is 5.91 Å². The minimum atomic E-state index is -1.48. The molecule has 0 saturated heterocycles. The summed E-state index contributed by atoms with van der Waals surface area (Å²) in [4.78, 5) is 54.2. The number of phenolic OH excluding ortho intramolecular Hbond substituents is 1. The van der Waals surface area contributed by atoms with E-state index >= 15 is 0 Å². The minimum Gasteiger partial charge on any atom is -0.508 e. The Morgan fingerprint density at radius 3 is 2.29 bits per heavy atom. The predicted molar refractivity (Wildman–Crippen MR) is 173 cm³/mol. The summed E-state index contributed by atoms with van der Waals surface area (Å²) < 4.78 is 7.40. The molecule has 1 aliphatic rings. The molecule has 0 radical (unpaired) electrons. The van der Waals surface area contributed by atoms with Crippen LogP contribution in [0.25, 0.3) is 0 Å². The first-order valence-corrected chi connectivity index (χ1v) is 15.5. The second kappa shape index (κ2) is 15.7. The molecule has 0 saturated carbocycles. The Kier molecular flexibility index (Phi) is 11.0. The number of aliphatic hydroxyl groups is 1. The largest absolute Gasteiger partial charge is 0.508 e. The van der Waals surface area contributed by atoms with Crippen LogP contribution in [0.15, 0.2) is 85.1 Å². The van der Waals surface area contributed by atoms with Gasteiger partial charge in [-0.2, -0.15) is 0 Å². The van der Waals surface area contributed by atoms with Crippen molar-refractivity contribution in [2.75, 3.05) is 6.61 Å². The highest BCUT2D eigenvalue weighted by atomic mass is 16.5. The maximum Gasteiger partial charge on any atom is 0.252 e. The van der Waals surface area contributed by atoms with Crippen LogP contribution >= 0.6 is 0 Å². The van der Waals surface area contributed by atoms with Gasteiger partial charge in [-0.25, -0.2) is 4.68 Å². The number of ether oxygens (including phenoxy) is 1. The van der Waals surface area contributed by atoms with Gasteiger partial charge in [-0.05, 0) is 48.4 Å². The fourth-order valence-electron chi connectivity index (χ4n) is 5.11. The van der Waals surface area contributed by atoms with Gasteiger partial charge in [0.1, 0.15) is 41.9 Å². The average molecular weight is 656 g/mol. The van der Waals surface area contributed by atoms with Crippen molar-refractivity contribution in [2.45, 2.75) is 57.1 Å². The van der Waals surface area contributed by atoms with Crippen LogP contribution < -0.4 is 26.0 Å². The van der Waals surface area contributed by atoms with E-state index in [-0.39, 0.29) is 37.3 Å². The van der Waals surface area contributed by atoms with Crippen molar-refractivity contribution in [3.05, 3.63) is 107 Å². The molecule has 0 spiro atoms. The van der Waals surface area contributed by atoms with Crippen LogP contribution in [-0.4, -0.2) is 79.7 Å². The summed E-state index contributed by atoms with van der Waals surface area (Å²) in [7, 11) is 0. The van der Waals surface area contributed by atoms with E-state index < -0.39 is 47.9 Å². The number of phenols is 1. The molecule has 4 amide bonds. The zero-order chi connectivity index (χ0) is 34.0. The first kappa shape index (κ1) is 33.6. The van der Waals surface area contributed by atoms with E-state index in [0.29, 0.717) is 23.6 Å². The molecule has 48 heavy (non-hydrogen) atoms. The first-order valence-electron chi connectivity index (χ1n) is 15.5. The number of fused-ring (bicyclic) bond motifs is 4. The molecule has 4 aromatic rings. The van der Waals surface area contributed by atoms with E-state index in [0.717, 1.165) is 5.56 Å². The summed E-state index contributed by atoms with van der Waals surface area (Å²) in [6.45, 7) is 1.91. The Labute approximate surface area is 276 Å². The summed E-state index contributed by atoms with van der Waals surface area (Å²) in [6, 6.07) is 17.9. The Balaban J connectivity index is 1.45. The van der Waals surface area contributed by atoms with Gasteiger partial charge < -0.3 is 36.2 Å². The number of hydrogen-bond acceptors (Lipinski definition) is 9. The van der Waals surface area contributed by atoms with Crippen LogP contribution in [0.5, 0.6) is 11.5 Å². The minimum absolute atomic E-state index is 0.000944.